The first-order chi connectivity index (χ1) is 7.22. The van der Waals surface area contributed by atoms with Gasteiger partial charge in [0, 0.05) is 12.0 Å². The first-order valence-electron chi connectivity index (χ1n) is 5.55. The van der Waals surface area contributed by atoms with E-state index in [-0.39, 0.29) is 18.0 Å². The minimum atomic E-state index is -0.0644. The predicted molar refractivity (Wildman–Crippen MR) is 58.9 cm³/mol. The number of amidine groups is 1. The van der Waals surface area contributed by atoms with Gasteiger partial charge in [-0.3, -0.25) is 0 Å². The number of nitrogens with two attached hydrogens (primary N) is 1. The smallest absolute Gasteiger partial charge is 0.139 e. The second-order valence-corrected chi connectivity index (χ2v) is 4.27. The minimum absolute atomic E-state index is 0.0644. The Labute approximate surface area is 90.3 Å². The van der Waals surface area contributed by atoms with Gasteiger partial charge < -0.3 is 21.4 Å². The molecule has 0 aromatic heterocycles. The molecule has 1 aliphatic carbocycles. The van der Waals surface area contributed by atoms with Crippen molar-refractivity contribution in [2.45, 2.75) is 44.1 Å². The molecule has 0 spiro atoms. The van der Waals surface area contributed by atoms with Crippen LogP contribution in [0.1, 0.15) is 38.5 Å². The van der Waals surface area contributed by atoms with Crippen LogP contribution in [0.15, 0.2) is 5.16 Å². The molecule has 0 atom stereocenters. The zero-order chi connectivity index (χ0) is 11.1. The van der Waals surface area contributed by atoms with E-state index >= 15 is 0 Å². The molecule has 5 N–H and O–H groups in total. The Morgan fingerprint density at radius 1 is 1.40 bits per heavy atom. The van der Waals surface area contributed by atoms with Crippen molar-refractivity contribution >= 4 is 5.84 Å². The average molecular weight is 215 g/mol. The lowest BCUT2D eigenvalue weighted by Crippen LogP contribution is -2.46. The maximum atomic E-state index is 9.32. The maximum Gasteiger partial charge on any atom is 0.139 e. The molecule has 15 heavy (non-hydrogen) atoms. The molecule has 0 amide bonds. The summed E-state index contributed by atoms with van der Waals surface area (Å²) in [5.74, 6) is 0.265. The summed E-state index contributed by atoms with van der Waals surface area (Å²) < 4.78 is 0. The number of hydrogen-bond acceptors (Lipinski definition) is 4. The Morgan fingerprint density at radius 3 is 2.60 bits per heavy atom. The van der Waals surface area contributed by atoms with Crippen LogP contribution in [0.4, 0.5) is 0 Å². The zero-order valence-electron chi connectivity index (χ0n) is 9.08. The van der Waals surface area contributed by atoms with E-state index in [1.165, 1.54) is 12.8 Å². The summed E-state index contributed by atoms with van der Waals surface area (Å²) in [5.41, 5.74) is 5.29. The van der Waals surface area contributed by atoms with Crippen LogP contribution in [0.5, 0.6) is 0 Å². The van der Waals surface area contributed by atoms with Crippen molar-refractivity contribution in [2.75, 3.05) is 13.2 Å². The van der Waals surface area contributed by atoms with E-state index in [1.807, 2.05) is 0 Å². The van der Waals surface area contributed by atoms with Crippen LogP contribution in [0.25, 0.3) is 0 Å². The van der Waals surface area contributed by atoms with Crippen molar-refractivity contribution in [3.05, 3.63) is 0 Å². The summed E-state index contributed by atoms with van der Waals surface area (Å²) >= 11 is 0. The van der Waals surface area contributed by atoms with Crippen molar-refractivity contribution in [1.82, 2.24) is 5.32 Å². The Balaban J connectivity index is 2.18. The van der Waals surface area contributed by atoms with Gasteiger partial charge in [-0.15, -0.1) is 0 Å². The summed E-state index contributed by atoms with van der Waals surface area (Å²) in [5, 5.41) is 24.0. The predicted octanol–water partition coefficient (Wildman–Crippen LogP) is 0.408. The molecule has 0 saturated heterocycles. The second-order valence-electron chi connectivity index (χ2n) is 4.27. The molecule has 1 rings (SSSR count). The quantitative estimate of drug-likeness (QED) is 0.170. The summed E-state index contributed by atoms with van der Waals surface area (Å²) in [6.07, 6.45) is 5.89. The van der Waals surface area contributed by atoms with Crippen LogP contribution >= 0.6 is 0 Å². The van der Waals surface area contributed by atoms with E-state index in [4.69, 9.17) is 10.9 Å². The molecule has 5 nitrogen and oxygen atoms in total. The molecule has 0 radical (unpaired) electrons. The van der Waals surface area contributed by atoms with Gasteiger partial charge in [0.2, 0.25) is 0 Å². The third-order valence-corrected chi connectivity index (χ3v) is 3.10. The topological polar surface area (TPSA) is 90.9 Å². The van der Waals surface area contributed by atoms with Crippen molar-refractivity contribution in [3.63, 3.8) is 0 Å². The molecule has 0 heterocycles. The molecular formula is C10H21N3O2. The number of nitrogens with zero attached hydrogens (tertiary/aromatic N) is 1. The highest BCUT2D eigenvalue weighted by atomic mass is 16.4. The summed E-state index contributed by atoms with van der Waals surface area (Å²) in [7, 11) is 0. The summed E-state index contributed by atoms with van der Waals surface area (Å²) in [4.78, 5) is 0. The molecule has 0 aromatic carbocycles. The van der Waals surface area contributed by atoms with E-state index < -0.39 is 0 Å². The van der Waals surface area contributed by atoms with Gasteiger partial charge in [0.25, 0.3) is 0 Å². The number of nitrogens with one attached hydrogen (secondary N) is 1. The van der Waals surface area contributed by atoms with E-state index in [0.717, 1.165) is 25.8 Å². The lowest BCUT2D eigenvalue weighted by molar-refractivity contribution is 0.164. The fraction of sp³-hybridized carbons (Fsp3) is 0.900. The number of aliphatic hydroxyl groups is 1. The molecule has 0 aliphatic heterocycles. The third kappa shape index (κ3) is 3.68. The number of aliphatic hydroxyl groups excluding tert-OH is 1. The highest BCUT2D eigenvalue weighted by molar-refractivity contribution is 5.79. The van der Waals surface area contributed by atoms with Gasteiger partial charge in [0.1, 0.15) is 5.84 Å². The maximum absolute atomic E-state index is 9.32. The van der Waals surface area contributed by atoms with Crippen LogP contribution in [0.2, 0.25) is 0 Å². The molecule has 1 fully saturated rings. The average Bonchev–Trinajstić information content (AvgIpc) is 2.73. The van der Waals surface area contributed by atoms with Gasteiger partial charge in [-0.2, -0.15) is 0 Å². The Kier molecular flexibility index (Phi) is 4.84. The lowest BCUT2D eigenvalue weighted by atomic mass is 9.99. The number of oxime groups is 1. The molecule has 88 valence electrons. The van der Waals surface area contributed by atoms with Gasteiger partial charge >= 0.3 is 0 Å². The van der Waals surface area contributed by atoms with E-state index in [2.05, 4.69) is 10.5 Å². The van der Waals surface area contributed by atoms with Gasteiger partial charge in [-0.05, 0) is 25.8 Å². The molecular weight excluding hydrogens is 194 g/mol. The molecule has 1 aliphatic rings. The Bertz CT molecular complexity index is 213. The van der Waals surface area contributed by atoms with Gasteiger partial charge in [-0.25, -0.2) is 0 Å². The SMILES string of the molecule is NC(CCCNC1(CO)CCCC1)=NO. The van der Waals surface area contributed by atoms with Gasteiger partial charge in [0.05, 0.1) is 6.61 Å². The van der Waals surface area contributed by atoms with Crippen LogP contribution in [0, 0.1) is 0 Å². The van der Waals surface area contributed by atoms with Crippen molar-refractivity contribution in [2.24, 2.45) is 10.9 Å². The highest BCUT2D eigenvalue weighted by Crippen LogP contribution is 2.28. The van der Waals surface area contributed by atoms with E-state index in [0.29, 0.717) is 6.42 Å². The second kappa shape index (κ2) is 5.92. The summed E-state index contributed by atoms with van der Waals surface area (Å²) in [6, 6.07) is 0. The van der Waals surface area contributed by atoms with Crippen LogP contribution in [-0.4, -0.2) is 34.8 Å². The fourth-order valence-corrected chi connectivity index (χ4v) is 2.12. The fourth-order valence-electron chi connectivity index (χ4n) is 2.12. The molecule has 1 saturated carbocycles. The summed E-state index contributed by atoms with van der Waals surface area (Å²) in [6.45, 7) is 1.01. The van der Waals surface area contributed by atoms with Gasteiger partial charge in [0.15, 0.2) is 0 Å². The monoisotopic (exact) mass is 215 g/mol. The van der Waals surface area contributed by atoms with Crippen molar-refractivity contribution < 1.29 is 10.3 Å². The minimum Gasteiger partial charge on any atom is -0.409 e. The zero-order valence-corrected chi connectivity index (χ0v) is 9.08. The first-order valence-corrected chi connectivity index (χ1v) is 5.55. The van der Waals surface area contributed by atoms with Crippen molar-refractivity contribution in [3.8, 4) is 0 Å². The van der Waals surface area contributed by atoms with Crippen molar-refractivity contribution in [1.29, 1.82) is 0 Å². The largest absolute Gasteiger partial charge is 0.409 e. The van der Waals surface area contributed by atoms with Crippen LogP contribution < -0.4 is 11.1 Å². The lowest BCUT2D eigenvalue weighted by Gasteiger charge is -2.28. The highest BCUT2D eigenvalue weighted by Gasteiger charge is 2.31. The van der Waals surface area contributed by atoms with Crippen LogP contribution in [-0.2, 0) is 0 Å². The normalized spacial score (nSPS) is 20.7. The first kappa shape index (κ1) is 12.3. The standard InChI is InChI=1S/C10H21N3O2/c11-9(13-15)4-3-7-12-10(8-14)5-1-2-6-10/h12,14-15H,1-8H2,(H2,11,13). The molecule has 0 aromatic rings. The number of rotatable bonds is 6. The number of hydrogen-bond donors (Lipinski definition) is 4. The third-order valence-electron chi connectivity index (χ3n) is 3.10. The Hall–Kier alpha value is -0.810. The molecule has 0 bridgehead atoms. The Morgan fingerprint density at radius 2 is 2.07 bits per heavy atom. The van der Waals surface area contributed by atoms with E-state index in [1.54, 1.807) is 0 Å². The van der Waals surface area contributed by atoms with Crippen LogP contribution in [0.3, 0.4) is 0 Å². The molecule has 0 unspecified atom stereocenters. The van der Waals surface area contributed by atoms with Gasteiger partial charge in [-0.1, -0.05) is 18.0 Å². The molecule has 5 heteroatoms. The van der Waals surface area contributed by atoms with E-state index in [9.17, 15) is 5.11 Å².